The minimum atomic E-state index is -0.932. The van der Waals surface area contributed by atoms with Gasteiger partial charge in [0.15, 0.2) is 0 Å². The Kier molecular flexibility index (Phi) is 6.05. The largest absolute Gasteiger partial charge is 0.410 e. The average Bonchev–Trinajstić information content (AvgIpc) is 2.45. The van der Waals surface area contributed by atoms with E-state index in [4.69, 9.17) is 4.43 Å². The molecule has 0 N–H and O–H groups in total. The van der Waals surface area contributed by atoms with Crippen LogP contribution in [0.1, 0.15) is 46.0 Å². The van der Waals surface area contributed by atoms with Crippen LogP contribution in [0.4, 0.5) is 0 Å². The molecule has 0 aliphatic heterocycles. The van der Waals surface area contributed by atoms with Gasteiger partial charge in [0.1, 0.15) is 0 Å². The molecule has 0 saturated heterocycles. The topological polar surface area (TPSA) is 22.1 Å². The maximum Gasteiger partial charge on any atom is 0.266 e. The van der Waals surface area contributed by atoms with Crippen LogP contribution in [0, 0.1) is 11.8 Å². The molecule has 19 heavy (non-hydrogen) atoms. The van der Waals surface area contributed by atoms with E-state index in [0.29, 0.717) is 5.92 Å². The van der Waals surface area contributed by atoms with E-state index in [-0.39, 0.29) is 0 Å². The van der Waals surface area contributed by atoms with Crippen molar-refractivity contribution in [2.45, 2.75) is 52.0 Å². The van der Waals surface area contributed by atoms with Gasteiger partial charge in [-0.05, 0) is 42.9 Å². The van der Waals surface area contributed by atoms with Crippen molar-refractivity contribution in [2.75, 3.05) is 6.61 Å². The summed E-state index contributed by atoms with van der Waals surface area (Å²) in [6.45, 7) is 5.51. The third-order valence-electron chi connectivity index (χ3n) is 3.76. The number of rotatable bonds is 6. The van der Waals surface area contributed by atoms with Crippen molar-refractivity contribution < 1.29 is 4.43 Å². The summed E-state index contributed by atoms with van der Waals surface area (Å²) < 4.78 is 6.32. The molecule has 1 aromatic rings. The Balaban J connectivity index is 1.90. The van der Waals surface area contributed by atoms with Crippen LogP contribution in [0.3, 0.4) is 0 Å². The molecule has 0 bridgehead atoms. The van der Waals surface area contributed by atoms with E-state index in [9.17, 15) is 0 Å². The lowest BCUT2D eigenvalue weighted by Crippen LogP contribution is -2.38. The first-order valence-electron chi connectivity index (χ1n) is 7.65. The van der Waals surface area contributed by atoms with E-state index in [1.165, 1.54) is 37.4 Å². The van der Waals surface area contributed by atoms with E-state index in [2.05, 4.69) is 31.0 Å². The number of hydrogen-bond acceptors (Lipinski definition) is 2. The molecule has 105 valence electrons. The first-order valence-corrected chi connectivity index (χ1v) is 9.27. The van der Waals surface area contributed by atoms with Gasteiger partial charge in [0, 0.05) is 12.8 Å². The molecule has 1 aliphatic carbocycles. The molecule has 1 radical (unpaired) electrons. The maximum absolute atomic E-state index is 6.32. The first-order chi connectivity index (χ1) is 9.25. The molecule has 0 unspecified atom stereocenters. The summed E-state index contributed by atoms with van der Waals surface area (Å²) in [5.41, 5.74) is 0. The Morgan fingerprint density at radius 3 is 2.68 bits per heavy atom. The van der Waals surface area contributed by atoms with Crippen LogP contribution in [0.2, 0.25) is 6.04 Å². The second-order valence-corrected chi connectivity index (χ2v) is 8.11. The van der Waals surface area contributed by atoms with E-state index in [1.54, 1.807) is 0 Å². The van der Waals surface area contributed by atoms with Crippen molar-refractivity contribution >= 4 is 14.4 Å². The molecule has 0 amide bonds. The van der Waals surface area contributed by atoms with Gasteiger partial charge in [0.25, 0.3) is 9.04 Å². The Bertz CT molecular complexity index is 349. The van der Waals surface area contributed by atoms with Gasteiger partial charge in [-0.2, -0.15) is 0 Å². The average molecular weight is 276 g/mol. The standard InChI is InChI=1S/C16H26NOSi/c1-14(2)13-19(16-10-6-7-11-17-16)18-12-15-8-4-3-5-9-15/h6-7,10-11,14-15H,3-5,8-9,12-13H2,1-2H3. The van der Waals surface area contributed by atoms with Crippen LogP contribution >= 0.6 is 0 Å². The number of nitrogens with zero attached hydrogens (tertiary/aromatic N) is 1. The van der Waals surface area contributed by atoms with E-state index in [0.717, 1.165) is 18.6 Å². The van der Waals surface area contributed by atoms with Gasteiger partial charge in [-0.15, -0.1) is 0 Å². The van der Waals surface area contributed by atoms with Crippen LogP contribution in [0.5, 0.6) is 0 Å². The molecule has 1 aliphatic rings. The summed E-state index contributed by atoms with van der Waals surface area (Å²) in [5.74, 6) is 1.48. The molecule has 1 fully saturated rings. The second-order valence-electron chi connectivity index (χ2n) is 6.05. The number of aromatic nitrogens is 1. The zero-order valence-electron chi connectivity index (χ0n) is 12.3. The molecule has 0 atom stereocenters. The predicted octanol–water partition coefficient (Wildman–Crippen LogP) is 3.53. The zero-order chi connectivity index (χ0) is 13.5. The van der Waals surface area contributed by atoms with Gasteiger partial charge in [0.2, 0.25) is 0 Å². The lowest BCUT2D eigenvalue weighted by atomic mass is 9.90. The predicted molar refractivity (Wildman–Crippen MR) is 81.8 cm³/mol. The summed E-state index contributed by atoms with van der Waals surface area (Å²) in [7, 11) is -0.932. The van der Waals surface area contributed by atoms with Crippen molar-refractivity contribution in [1.82, 2.24) is 4.98 Å². The summed E-state index contributed by atoms with van der Waals surface area (Å²) in [5, 5.41) is 1.19. The molecule has 2 rings (SSSR count). The lowest BCUT2D eigenvalue weighted by molar-refractivity contribution is 0.210. The zero-order valence-corrected chi connectivity index (χ0v) is 13.3. The molecule has 1 saturated carbocycles. The Hall–Kier alpha value is -0.673. The summed E-state index contributed by atoms with van der Waals surface area (Å²) in [6.07, 6.45) is 8.82. The van der Waals surface area contributed by atoms with Crippen LogP contribution in [0.25, 0.3) is 0 Å². The van der Waals surface area contributed by atoms with Gasteiger partial charge in [-0.1, -0.05) is 39.2 Å². The monoisotopic (exact) mass is 276 g/mol. The van der Waals surface area contributed by atoms with E-state index in [1.807, 2.05) is 12.3 Å². The van der Waals surface area contributed by atoms with E-state index >= 15 is 0 Å². The minimum Gasteiger partial charge on any atom is -0.410 e. The van der Waals surface area contributed by atoms with Crippen LogP contribution < -0.4 is 5.32 Å². The smallest absolute Gasteiger partial charge is 0.266 e. The molecule has 1 heterocycles. The fourth-order valence-electron chi connectivity index (χ4n) is 2.71. The molecule has 3 heteroatoms. The SMILES string of the molecule is CC(C)C[Si](OCC1CCCCC1)c1ccccn1. The van der Waals surface area contributed by atoms with Crippen LogP contribution in [-0.4, -0.2) is 20.6 Å². The van der Waals surface area contributed by atoms with E-state index < -0.39 is 9.04 Å². The highest BCUT2D eigenvalue weighted by molar-refractivity contribution is 6.66. The Morgan fingerprint density at radius 2 is 2.05 bits per heavy atom. The highest BCUT2D eigenvalue weighted by Gasteiger charge is 2.22. The normalized spacial score (nSPS) is 17.3. The highest BCUT2D eigenvalue weighted by Crippen LogP contribution is 2.24. The van der Waals surface area contributed by atoms with Crippen molar-refractivity contribution in [3.05, 3.63) is 24.4 Å². The van der Waals surface area contributed by atoms with Gasteiger partial charge in [-0.25, -0.2) is 0 Å². The highest BCUT2D eigenvalue weighted by atomic mass is 28.3. The third-order valence-corrected chi connectivity index (χ3v) is 6.33. The lowest BCUT2D eigenvalue weighted by Gasteiger charge is -2.24. The van der Waals surface area contributed by atoms with Crippen molar-refractivity contribution in [2.24, 2.45) is 11.8 Å². The fourth-order valence-corrected chi connectivity index (χ4v) is 4.86. The molecular weight excluding hydrogens is 250 g/mol. The van der Waals surface area contributed by atoms with Gasteiger partial charge >= 0.3 is 0 Å². The number of hydrogen-bond donors (Lipinski definition) is 0. The van der Waals surface area contributed by atoms with Crippen molar-refractivity contribution in [1.29, 1.82) is 0 Å². The Labute approximate surface area is 119 Å². The summed E-state index contributed by atoms with van der Waals surface area (Å²) in [4.78, 5) is 4.52. The number of pyridine rings is 1. The summed E-state index contributed by atoms with van der Waals surface area (Å²) >= 11 is 0. The molecule has 2 nitrogen and oxygen atoms in total. The molecule has 1 aromatic heterocycles. The third kappa shape index (κ3) is 5.07. The first kappa shape index (κ1) is 14.7. The molecule has 0 aromatic carbocycles. The van der Waals surface area contributed by atoms with Gasteiger partial charge < -0.3 is 4.43 Å². The molecular formula is C16H26NOSi. The maximum atomic E-state index is 6.32. The summed E-state index contributed by atoms with van der Waals surface area (Å²) in [6, 6.07) is 7.36. The van der Waals surface area contributed by atoms with Crippen LogP contribution in [-0.2, 0) is 4.43 Å². The van der Waals surface area contributed by atoms with Crippen LogP contribution in [0.15, 0.2) is 24.4 Å². The van der Waals surface area contributed by atoms with Gasteiger partial charge in [-0.3, -0.25) is 4.98 Å². The Morgan fingerprint density at radius 1 is 1.26 bits per heavy atom. The minimum absolute atomic E-state index is 0.683. The van der Waals surface area contributed by atoms with Gasteiger partial charge in [0.05, 0.1) is 5.32 Å². The molecule has 0 spiro atoms. The fraction of sp³-hybridized carbons (Fsp3) is 0.688. The quantitative estimate of drug-likeness (QED) is 0.742. The second kappa shape index (κ2) is 7.80. The van der Waals surface area contributed by atoms with Crippen molar-refractivity contribution in [3.63, 3.8) is 0 Å². The van der Waals surface area contributed by atoms with Crippen molar-refractivity contribution in [3.8, 4) is 0 Å².